The molecule has 0 aliphatic heterocycles. The lowest BCUT2D eigenvalue weighted by molar-refractivity contribution is -0.247. The van der Waals surface area contributed by atoms with Gasteiger partial charge in [0.05, 0.1) is 5.56 Å². The summed E-state index contributed by atoms with van der Waals surface area (Å²) in [7, 11) is 0. The molecule has 0 aromatic heterocycles. The third-order valence-electron chi connectivity index (χ3n) is 3.69. The van der Waals surface area contributed by atoms with Crippen LogP contribution in [0.1, 0.15) is 54.9 Å². The highest BCUT2D eigenvalue weighted by Crippen LogP contribution is 2.34. The number of hydrogen-bond donors (Lipinski definition) is 0. The zero-order valence-corrected chi connectivity index (χ0v) is 11.6. The molecule has 19 heavy (non-hydrogen) atoms. The minimum atomic E-state index is -0.423. The van der Waals surface area contributed by atoms with E-state index in [2.05, 4.69) is 6.92 Å². The van der Waals surface area contributed by atoms with Crippen LogP contribution in [0.5, 0.6) is 0 Å². The topological polar surface area (TPSA) is 35.5 Å². The summed E-state index contributed by atoms with van der Waals surface area (Å²) >= 11 is 0. The van der Waals surface area contributed by atoms with Crippen LogP contribution in [0.25, 0.3) is 0 Å². The highest BCUT2D eigenvalue weighted by molar-refractivity contribution is 5.88. The fourth-order valence-corrected chi connectivity index (χ4v) is 2.43. The summed E-state index contributed by atoms with van der Waals surface area (Å²) in [6.07, 6.45) is 6.35. The fourth-order valence-electron chi connectivity index (χ4n) is 2.43. The van der Waals surface area contributed by atoms with Crippen LogP contribution in [0.15, 0.2) is 24.3 Å². The van der Waals surface area contributed by atoms with Crippen LogP contribution >= 0.6 is 0 Å². The van der Waals surface area contributed by atoms with Crippen molar-refractivity contribution in [1.82, 2.24) is 0 Å². The number of hydrogen-bond acceptors (Lipinski definition) is 3. The van der Waals surface area contributed by atoms with Gasteiger partial charge >= 0.3 is 5.97 Å². The summed E-state index contributed by atoms with van der Waals surface area (Å²) in [5.41, 5.74) is 1.64. The molecular weight excluding hydrogens is 240 g/mol. The zero-order chi connectivity index (χ0) is 13.7. The highest BCUT2D eigenvalue weighted by Gasteiger charge is 2.28. The molecule has 1 atom stereocenters. The van der Waals surface area contributed by atoms with Crippen molar-refractivity contribution in [3.8, 4) is 0 Å². The van der Waals surface area contributed by atoms with E-state index in [-0.39, 0.29) is 0 Å². The largest absolute Gasteiger partial charge is 0.373 e. The average molecular weight is 261 g/mol. The Kier molecular flexibility index (Phi) is 4.97. The van der Waals surface area contributed by atoms with Crippen molar-refractivity contribution in [2.75, 3.05) is 0 Å². The molecule has 1 aliphatic rings. The van der Waals surface area contributed by atoms with Crippen LogP contribution in [0.4, 0.5) is 0 Å². The van der Waals surface area contributed by atoms with Gasteiger partial charge in [0.2, 0.25) is 0 Å². The third kappa shape index (κ3) is 3.80. The Labute approximate surface area is 114 Å². The first-order valence-corrected chi connectivity index (χ1v) is 7.02. The summed E-state index contributed by atoms with van der Waals surface area (Å²) in [6, 6.07) is 7.28. The van der Waals surface area contributed by atoms with E-state index >= 15 is 0 Å². The van der Waals surface area contributed by atoms with Gasteiger partial charge in [-0.15, -0.1) is 0 Å². The van der Waals surface area contributed by atoms with Crippen molar-refractivity contribution < 1.29 is 14.6 Å². The highest BCUT2D eigenvalue weighted by atomic mass is 17.2. The number of carbonyl (C=O) groups is 1. The van der Waals surface area contributed by atoms with Gasteiger partial charge in [0, 0.05) is 0 Å². The Morgan fingerprint density at radius 2 is 2.00 bits per heavy atom. The zero-order valence-electron chi connectivity index (χ0n) is 11.6. The molecule has 3 heteroatoms. The second-order valence-corrected chi connectivity index (χ2v) is 5.14. The maximum atomic E-state index is 11.8. The lowest BCUT2D eigenvalue weighted by atomic mass is 9.85. The average Bonchev–Trinajstić information content (AvgIpc) is 2.45. The predicted molar refractivity (Wildman–Crippen MR) is 73.2 cm³/mol. The number of benzene rings is 1. The third-order valence-corrected chi connectivity index (χ3v) is 3.69. The fraction of sp³-hybridized carbons (Fsp3) is 0.500. The standard InChI is InChI=1S/C16H21O3/c1-3-13-6-4-5-7-15(13)18-19-16(17)14-10-8-12(2)9-11-14/h8-11,13H,3-7H2,1-2H3. The van der Waals surface area contributed by atoms with Crippen LogP contribution < -0.4 is 0 Å². The number of aryl methyl sites for hydroxylation is 1. The molecule has 1 unspecified atom stereocenters. The molecule has 0 spiro atoms. The van der Waals surface area contributed by atoms with Crippen LogP contribution in [-0.4, -0.2) is 5.97 Å². The minimum absolute atomic E-state index is 0.423. The summed E-state index contributed by atoms with van der Waals surface area (Å²) < 4.78 is 0. The van der Waals surface area contributed by atoms with E-state index in [1.165, 1.54) is 6.42 Å². The summed E-state index contributed by atoms with van der Waals surface area (Å²) in [6.45, 7) is 4.12. The van der Waals surface area contributed by atoms with Gasteiger partial charge in [-0.2, -0.15) is 4.89 Å². The molecule has 1 aromatic carbocycles. The molecule has 0 saturated heterocycles. The molecular formula is C16H21O3. The Morgan fingerprint density at radius 1 is 1.26 bits per heavy atom. The van der Waals surface area contributed by atoms with Crippen molar-refractivity contribution in [2.45, 2.75) is 46.0 Å². The molecule has 0 heterocycles. The molecule has 0 amide bonds. The predicted octanol–water partition coefficient (Wildman–Crippen LogP) is 4.22. The molecule has 2 rings (SSSR count). The Balaban J connectivity index is 1.87. The molecule has 3 nitrogen and oxygen atoms in total. The van der Waals surface area contributed by atoms with Crippen LogP contribution in [0.2, 0.25) is 0 Å². The summed E-state index contributed by atoms with van der Waals surface area (Å²) in [4.78, 5) is 22.1. The minimum Gasteiger partial charge on any atom is -0.292 e. The first-order valence-electron chi connectivity index (χ1n) is 7.02. The number of carbonyl (C=O) groups excluding carboxylic acids is 1. The quantitative estimate of drug-likeness (QED) is 0.601. The van der Waals surface area contributed by atoms with E-state index in [0.717, 1.165) is 37.4 Å². The molecule has 0 bridgehead atoms. The van der Waals surface area contributed by atoms with Gasteiger partial charge in [0.15, 0.2) is 6.10 Å². The number of rotatable bonds is 4. The monoisotopic (exact) mass is 261 g/mol. The molecule has 103 valence electrons. The Hall–Kier alpha value is -1.35. The molecule has 1 aliphatic carbocycles. The smallest absolute Gasteiger partial charge is 0.292 e. The van der Waals surface area contributed by atoms with Gasteiger partial charge in [0.1, 0.15) is 0 Å². The normalized spacial score (nSPS) is 20.2. The second kappa shape index (κ2) is 6.71. The second-order valence-electron chi connectivity index (χ2n) is 5.14. The van der Waals surface area contributed by atoms with Crippen molar-refractivity contribution in [3.63, 3.8) is 0 Å². The van der Waals surface area contributed by atoms with Gasteiger partial charge in [0.25, 0.3) is 0 Å². The SMILES string of the molecule is CCC1CCCC[C]1OOC(=O)c1ccc(C)cc1. The van der Waals surface area contributed by atoms with Gasteiger partial charge in [-0.3, -0.25) is 4.89 Å². The first kappa shape index (κ1) is 14.1. The van der Waals surface area contributed by atoms with Crippen LogP contribution in [0.3, 0.4) is 0 Å². The Morgan fingerprint density at radius 3 is 2.68 bits per heavy atom. The van der Waals surface area contributed by atoms with Gasteiger partial charge in [-0.1, -0.05) is 43.9 Å². The van der Waals surface area contributed by atoms with E-state index in [1.54, 1.807) is 12.1 Å². The van der Waals surface area contributed by atoms with Gasteiger partial charge < -0.3 is 0 Å². The maximum absolute atomic E-state index is 11.8. The van der Waals surface area contributed by atoms with Crippen molar-refractivity contribution in [2.24, 2.45) is 5.92 Å². The van der Waals surface area contributed by atoms with E-state index in [1.807, 2.05) is 19.1 Å². The van der Waals surface area contributed by atoms with E-state index in [4.69, 9.17) is 9.78 Å². The Bertz CT molecular complexity index is 411. The van der Waals surface area contributed by atoms with E-state index in [9.17, 15) is 4.79 Å². The van der Waals surface area contributed by atoms with Gasteiger partial charge in [-0.05, 0) is 37.8 Å². The first-order chi connectivity index (χ1) is 9.20. The lowest BCUT2D eigenvalue weighted by Gasteiger charge is -2.27. The van der Waals surface area contributed by atoms with Crippen LogP contribution in [-0.2, 0) is 9.78 Å². The van der Waals surface area contributed by atoms with Crippen molar-refractivity contribution in [3.05, 3.63) is 41.5 Å². The lowest BCUT2D eigenvalue weighted by Crippen LogP contribution is -2.21. The van der Waals surface area contributed by atoms with E-state index in [0.29, 0.717) is 11.5 Å². The van der Waals surface area contributed by atoms with Gasteiger partial charge in [-0.25, -0.2) is 4.79 Å². The molecule has 1 radical (unpaired) electrons. The summed E-state index contributed by atoms with van der Waals surface area (Å²) in [5, 5.41) is 0. The summed E-state index contributed by atoms with van der Waals surface area (Å²) in [5.74, 6) is 0.00694. The maximum Gasteiger partial charge on any atom is 0.373 e. The molecule has 1 aromatic rings. The van der Waals surface area contributed by atoms with Crippen LogP contribution in [0, 0.1) is 18.9 Å². The van der Waals surface area contributed by atoms with E-state index < -0.39 is 5.97 Å². The molecule has 0 N–H and O–H groups in total. The molecule has 1 fully saturated rings. The molecule has 1 saturated carbocycles. The van der Waals surface area contributed by atoms with Crippen molar-refractivity contribution in [1.29, 1.82) is 0 Å². The van der Waals surface area contributed by atoms with Crippen molar-refractivity contribution >= 4 is 5.97 Å².